The first-order valence-corrected chi connectivity index (χ1v) is 7.39. The molecule has 1 heterocycles. The topological polar surface area (TPSA) is 58.4 Å². The molecule has 1 amide bonds. The predicted octanol–water partition coefficient (Wildman–Crippen LogP) is 2.79. The number of anilines is 1. The third-order valence-corrected chi connectivity index (χ3v) is 4.33. The van der Waals surface area contributed by atoms with Gasteiger partial charge in [0.15, 0.2) is 0 Å². The Morgan fingerprint density at radius 3 is 2.55 bits per heavy atom. The van der Waals surface area contributed by atoms with Crippen LogP contribution in [-0.4, -0.2) is 23.9 Å². The standard InChI is InChI=1S/C16H25N3O/c1-11(2)13-6-8-19(9-7-13)16(20)14-10-12(3)4-5-15(14)18-17/h4-5,10-11,13,18H,6-9,17H2,1-3H3. The molecule has 1 aliphatic rings. The highest BCUT2D eigenvalue weighted by molar-refractivity contribution is 5.99. The Bertz CT molecular complexity index is 477. The number of likely N-dealkylation sites (tertiary alicyclic amines) is 1. The van der Waals surface area contributed by atoms with Crippen LogP contribution in [0.1, 0.15) is 42.6 Å². The minimum Gasteiger partial charge on any atom is -0.339 e. The number of nitrogens with zero attached hydrogens (tertiary/aromatic N) is 1. The van der Waals surface area contributed by atoms with Gasteiger partial charge in [0.1, 0.15) is 0 Å². The third-order valence-electron chi connectivity index (χ3n) is 4.33. The number of benzene rings is 1. The molecule has 0 aliphatic carbocycles. The molecule has 110 valence electrons. The van der Waals surface area contributed by atoms with E-state index in [2.05, 4.69) is 19.3 Å². The van der Waals surface area contributed by atoms with Crippen molar-refractivity contribution < 1.29 is 4.79 Å². The largest absolute Gasteiger partial charge is 0.339 e. The number of piperidine rings is 1. The van der Waals surface area contributed by atoms with E-state index >= 15 is 0 Å². The molecule has 0 unspecified atom stereocenters. The smallest absolute Gasteiger partial charge is 0.256 e. The van der Waals surface area contributed by atoms with E-state index in [1.165, 1.54) is 0 Å². The van der Waals surface area contributed by atoms with Crippen LogP contribution in [-0.2, 0) is 0 Å². The van der Waals surface area contributed by atoms with Crippen LogP contribution in [0.2, 0.25) is 0 Å². The fourth-order valence-corrected chi connectivity index (χ4v) is 2.90. The quantitative estimate of drug-likeness (QED) is 0.659. The number of nitrogens with one attached hydrogen (secondary N) is 1. The zero-order valence-corrected chi connectivity index (χ0v) is 12.6. The van der Waals surface area contributed by atoms with Crippen LogP contribution < -0.4 is 11.3 Å². The lowest BCUT2D eigenvalue weighted by Gasteiger charge is -2.34. The lowest BCUT2D eigenvalue weighted by Crippen LogP contribution is -2.39. The summed E-state index contributed by atoms with van der Waals surface area (Å²) in [5, 5.41) is 0. The molecule has 1 aromatic carbocycles. The number of nitrogens with two attached hydrogens (primary N) is 1. The molecule has 20 heavy (non-hydrogen) atoms. The van der Waals surface area contributed by atoms with E-state index < -0.39 is 0 Å². The molecule has 0 spiro atoms. The highest BCUT2D eigenvalue weighted by Crippen LogP contribution is 2.26. The summed E-state index contributed by atoms with van der Waals surface area (Å²) >= 11 is 0. The van der Waals surface area contributed by atoms with Gasteiger partial charge in [-0.1, -0.05) is 25.5 Å². The molecular weight excluding hydrogens is 250 g/mol. The molecule has 3 N–H and O–H groups in total. The summed E-state index contributed by atoms with van der Waals surface area (Å²) < 4.78 is 0. The summed E-state index contributed by atoms with van der Waals surface area (Å²) in [6, 6.07) is 5.73. The van der Waals surface area contributed by atoms with Gasteiger partial charge in [-0.05, 0) is 43.7 Å². The molecule has 0 atom stereocenters. The number of hydrazine groups is 1. The van der Waals surface area contributed by atoms with E-state index in [9.17, 15) is 4.79 Å². The molecule has 4 nitrogen and oxygen atoms in total. The Kier molecular flexibility index (Phi) is 4.65. The lowest BCUT2D eigenvalue weighted by molar-refractivity contribution is 0.0668. The predicted molar refractivity (Wildman–Crippen MR) is 82.5 cm³/mol. The van der Waals surface area contributed by atoms with Crippen molar-refractivity contribution in [2.45, 2.75) is 33.6 Å². The van der Waals surface area contributed by atoms with Crippen LogP contribution in [0.15, 0.2) is 18.2 Å². The van der Waals surface area contributed by atoms with Crippen LogP contribution in [0.4, 0.5) is 5.69 Å². The third kappa shape index (κ3) is 3.12. The number of nitrogen functional groups attached to an aromatic ring is 1. The maximum Gasteiger partial charge on any atom is 0.256 e. The molecule has 0 radical (unpaired) electrons. The summed E-state index contributed by atoms with van der Waals surface area (Å²) in [4.78, 5) is 14.6. The van der Waals surface area contributed by atoms with Gasteiger partial charge in [-0.15, -0.1) is 0 Å². The van der Waals surface area contributed by atoms with Crippen LogP contribution >= 0.6 is 0 Å². The Morgan fingerprint density at radius 1 is 1.35 bits per heavy atom. The highest BCUT2D eigenvalue weighted by Gasteiger charge is 2.26. The highest BCUT2D eigenvalue weighted by atomic mass is 16.2. The number of hydrogen-bond acceptors (Lipinski definition) is 3. The molecular formula is C16H25N3O. The second-order valence-corrected chi connectivity index (χ2v) is 6.07. The van der Waals surface area contributed by atoms with Crippen LogP contribution in [0, 0.1) is 18.8 Å². The van der Waals surface area contributed by atoms with E-state index in [-0.39, 0.29) is 5.91 Å². The number of aryl methyl sites for hydroxylation is 1. The molecule has 1 fully saturated rings. The minimum atomic E-state index is 0.0869. The number of hydrogen-bond donors (Lipinski definition) is 2. The van der Waals surface area contributed by atoms with Gasteiger partial charge in [-0.25, -0.2) is 0 Å². The van der Waals surface area contributed by atoms with Gasteiger partial charge in [0.25, 0.3) is 5.91 Å². The van der Waals surface area contributed by atoms with Crippen LogP contribution in [0.5, 0.6) is 0 Å². The maximum absolute atomic E-state index is 12.6. The van der Waals surface area contributed by atoms with Crippen LogP contribution in [0.25, 0.3) is 0 Å². The number of amides is 1. The van der Waals surface area contributed by atoms with Crippen molar-refractivity contribution in [2.75, 3.05) is 18.5 Å². The Balaban J connectivity index is 2.11. The second-order valence-electron chi connectivity index (χ2n) is 6.07. The molecule has 1 aliphatic heterocycles. The first-order valence-electron chi connectivity index (χ1n) is 7.39. The van der Waals surface area contributed by atoms with E-state index in [0.717, 1.165) is 37.4 Å². The summed E-state index contributed by atoms with van der Waals surface area (Å²) in [5.41, 5.74) is 5.07. The molecule has 0 saturated carbocycles. The second kappa shape index (κ2) is 6.27. The van der Waals surface area contributed by atoms with Gasteiger partial charge in [0, 0.05) is 13.1 Å². The first-order chi connectivity index (χ1) is 9.52. The minimum absolute atomic E-state index is 0.0869. The average molecular weight is 275 g/mol. The van der Waals surface area contributed by atoms with E-state index in [4.69, 9.17) is 5.84 Å². The van der Waals surface area contributed by atoms with Gasteiger partial charge >= 0.3 is 0 Å². The fourth-order valence-electron chi connectivity index (χ4n) is 2.90. The molecule has 0 bridgehead atoms. The van der Waals surface area contributed by atoms with Gasteiger partial charge in [0.2, 0.25) is 0 Å². The van der Waals surface area contributed by atoms with Crippen molar-refractivity contribution >= 4 is 11.6 Å². The molecule has 4 heteroatoms. The number of carbonyl (C=O) groups excluding carboxylic acids is 1. The maximum atomic E-state index is 12.6. The van der Waals surface area contributed by atoms with Gasteiger partial charge in [-0.3, -0.25) is 10.6 Å². The molecule has 1 saturated heterocycles. The first kappa shape index (κ1) is 14.9. The molecule has 1 aromatic rings. The molecule has 2 rings (SSSR count). The Labute approximate surface area is 121 Å². The van der Waals surface area contributed by atoms with Crippen molar-refractivity contribution in [1.29, 1.82) is 0 Å². The molecule has 0 aromatic heterocycles. The Morgan fingerprint density at radius 2 is 2.00 bits per heavy atom. The zero-order valence-electron chi connectivity index (χ0n) is 12.6. The Hall–Kier alpha value is -1.55. The summed E-state index contributed by atoms with van der Waals surface area (Å²) in [6.07, 6.45) is 2.20. The zero-order chi connectivity index (χ0) is 14.7. The van der Waals surface area contributed by atoms with Gasteiger partial charge < -0.3 is 10.3 Å². The monoisotopic (exact) mass is 275 g/mol. The SMILES string of the molecule is Cc1ccc(NN)c(C(=O)N2CCC(C(C)C)CC2)c1. The van der Waals surface area contributed by atoms with Crippen molar-refractivity contribution in [2.24, 2.45) is 17.7 Å². The van der Waals surface area contributed by atoms with Gasteiger partial charge in [-0.2, -0.15) is 0 Å². The summed E-state index contributed by atoms with van der Waals surface area (Å²) in [7, 11) is 0. The van der Waals surface area contributed by atoms with Crippen LogP contribution in [0.3, 0.4) is 0 Å². The number of rotatable bonds is 3. The normalized spacial score (nSPS) is 16.6. The van der Waals surface area contributed by atoms with E-state index in [1.54, 1.807) is 0 Å². The summed E-state index contributed by atoms with van der Waals surface area (Å²) in [6.45, 7) is 8.21. The van der Waals surface area contributed by atoms with Crippen molar-refractivity contribution in [1.82, 2.24) is 4.90 Å². The summed E-state index contributed by atoms with van der Waals surface area (Å²) in [5.74, 6) is 7.04. The van der Waals surface area contributed by atoms with Crippen molar-refractivity contribution in [3.63, 3.8) is 0 Å². The van der Waals surface area contributed by atoms with E-state index in [1.807, 2.05) is 30.0 Å². The van der Waals surface area contributed by atoms with Crippen molar-refractivity contribution in [3.05, 3.63) is 29.3 Å². The van der Waals surface area contributed by atoms with Gasteiger partial charge in [0.05, 0.1) is 11.3 Å². The fraction of sp³-hybridized carbons (Fsp3) is 0.562. The number of carbonyl (C=O) groups is 1. The lowest BCUT2D eigenvalue weighted by atomic mass is 9.86. The van der Waals surface area contributed by atoms with Crippen molar-refractivity contribution in [3.8, 4) is 0 Å². The average Bonchev–Trinajstić information content (AvgIpc) is 2.46. The van der Waals surface area contributed by atoms with E-state index in [0.29, 0.717) is 17.2 Å².